The fraction of sp³-hybridized carbons (Fsp3) is 0.240. The maximum Gasteiger partial charge on any atom is 0.416 e. The van der Waals surface area contributed by atoms with E-state index in [2.05, 4.69) is 5.32 Å². The van der Waals surface area contributed by atoms with Gasteiger partial charge in [-0.1, -0.05) is 30.3 Å². The van der Waals surface area contributed by atoms with Crippen LogP contribution >= 0.6 is 0 Å². The third kappa shape index (κ3) is 6.67. The van der Waals surface area contributed by atoms with Crippen molar-refractivity contribution in [2.75, 3.05) is 6.54 Å². The second kappa shape index (κ2) is 10.6. The molecule has 0 atom stereocenters. The normalized spacial score (nSPS) is 12.2. The number of sulfonamides is 1. The molecule has 35 heavy (non-hydrogen) atoms. The van der Waals surface area contributed by atoms with E-state index < -0.39 is 46.1 Å². The summed E-state index contributed by atoms with van der Waals surface area (Å²) in [6.45, 7) is 2.91. The molecule has 0 spiro atoms. The SMILES string of the molecule is CC(C)N(CC(=O)NCc1cccc(-c2ccc(C(F)(F)F)cc2)c1)S(=O)(=O)c1ccc(F)cc1. The van der Waals surface area contributed by atoms with Gasteiger partial charge in [-0.3, -0.25) is 4.79 Å². The largest absolute Gasteiger partial charge is 0.416 e. The van der Waals surface area contributed by atoms with E-state index in [-0.39, 0.29) is 11.4 Å². The van der Waals surface area contributed by atoms with Gasteiger partial charge in [-0.2, -0.15) is 17.5 Å². The summed E-state index contributed by atoms with van der Waals surface area (Å²) in [6.07, 6.45) is -4.42. The summed E-state index contributed by atoms with van der Waals surface area (Å²) < 4.78 is 78.5. The molecule has 0 unspecified atom stereocenters. The number of nitrogens with one attached hydrogen (secondary N) is 1. The number of benzene rings is 3. The second-order valence-electron chi connectivity index (χ2n) is 8.15. The highest BCUT2D eigenvalue weighted by molar-refractivity contribution is 7.89. The molecule has 0 saturated carbocycles. The maximum absolute atomic E-state index is 13.2. The van der Waals surface area contributed by atoms with Crippen LogP contribution < -0.4 is 5.32 Å². The number of amides is 1. The molecule has 3 aromatic rings. The van der Waals surface area contributed by atoms with E-state index >= 15 is 0 Å². The predicted octanol–water partition coefficient (Wildman–Crippen LogP) is 5.23. The number of hydrogen-bond acceptors (Lipinski definition) is 3. The van der Waals surface area contributed by atoms with Crippen LogP contribution in [0.3, 0.4) is 0 Å². The molecule has 0 radical (unpaired) electrons. The van der Waals surface area contributed by atoms with Crippen molar-refractivity contribution < 1.29 is 30.8 Å². The van der Waals surface area contributed by atoms with Crippen molar-refractivity contribution in [1.29, 1.82) is 0 Å². The van der Waals surface area contributed by atoms with Gasteiger partial charge in [-0.25, -0.2) is 12.8 Å². The smallest absolute Gasteiger partial charge is 0.351 e. The van der Waals surface area contributed by atoms with Gasteiger partial charge in [0.05, 0.1) is 17.0 Å². The highest BCUT2D eigenvalue weighted by atomic mass is 32.2. The lowest BCUT2D eigenvalue weighted by Gasteiger charge is -2.25. The highest BCUT2D eigenvalue weighted by Gasteiger charge is 2.30. The van der Waals surface area contributed by atoms with E-state index in [9.17, 15) is 30.8 Å². The fourth-order valence-electron chi connectivity index (χ4n) is 3.40. The van der Waals surface area contributed by atoms with Crippen LogP contribution in [0.2, 0.25) is 0 Å². The maximum atomic E-state index is 13.2. The summed E-state index contributed by atoms with van der Waals surface area (Å²) in [4.78, 5) is 12.4. The molecule has 5 nitrogen and oxygen atoms in total. The van der Waals surface area contributed by atoms with Gasteiger partial charge in [0.25, 0.3) is 0 Å². The fourth-order valence-corrected chi connectivity index (χ4v) is 4.99. The van der Waals surface area contributed by atoms with Crippen molar-refractivity contribution in [1.82, 2.24) is 9.62 Å². The average Bonchev–Trinajstić information content (AvgIpc) is 2.81. The summed E-state index contributed by atoms with van der Waals surface area (Å²) in [7, 11) is -4.03. The summed E-state index contributed by atoms with van der Waals surface area (Å²) in [5, 5.41) is 2.67. The van der Waals surface area contributed by atoms with Crippen LogP contribution in [0.1, 0.15) is 25.0 Å². The lowest BCUT2D eigenvalue weighted by molar-refractivity contribution is -0.137. The van der Waals surface area contributed by atoms with E-state index in [0.717, 1.165) is 40.7 Å². The molecule has 0 heterocycles. The Hall–Kier alpha value is -3.24. The van der Waals surface area contributed by atoms with E-state index in [4.69, 9.17) is 0 Å². The van der Waals surface area contributed by atoms with Gasteiger partial charge in [-0.05, 0) is 73.0 Å². The Morgan fingerprint density at radius 3 is 2.14 bits per heavy atom. The molecule has 0 bridgehead atoms. The lowest BCUT2D eigenvalue weighted by Crippen LogP contribution is -2.44. The number of rotatable bonds is 8. The number of halogens is 4. The molecule has 0 saturated heterocycles. The number of hydrogen-bond donors (Lipinski definition) is 1. The van der Waals surface area contributed by atoms with Crippen LogP contribution in [-0.4, -0.2) is 31.2 Å². The summed E-state index contributed by atoms with van der Waals surface area (Å²) >= 11 is 0. The number of alkyl halides is 3. The summed E-state index contributed by atoms with van der Waals surface area (Å²) in [6, 6.07) is 15.5. The van der Waals surface area contributed by atoms with Gasteiger partial charge in [0, 0.05) is 12.6 Å². The summed E-state index contributed by atoms with van der Waals surface area (Å²) in [5.74, 6) is -1.11. The zero-order chi connectivity index (χ0) is 25.8. The van der Waals surface area contributed by atoms with Crippen LogP contribution in [-0.2, 0) is 27.5 Å². The highest BCUT2D eigenvalue weighted by Crippen LogP contribution is 2.31. The first-order chi connectivity index (χ1) is 16.4. The minimum absolute atomic E-state index is 0.0931. The zero-order valence-electron chi connectivity index (χ0n) is 19.0. The first kappa shape index (κ1) is 26.4. The Balaban J connectivity index is 1.68. The standard InChI is InChI=1S/C25H24F4N2O3S/c1-17(2)31(35(33,34)23-12-10-22(26)11-13-23)16-24(32)30-15-18-4-3-5-20(14-18)19-6-8-21(9-7-19)25(27,28)29/h3-14,17H,15-16H2,1-2H3,(H,30,32). The lowest BCUT2D eigenvalue weighted by atomic mass is 10.0. The molecule has 0 aromatic heterocycles. The Kier molecular flexibility index (Phi) is 7.97. The first-order valence-corrected chi connectivity index (χ1v) is 12.1. The van der Waals surface area contributed by atoms with E-state index in [1.807, 2.05) is 0 Å². The Morgan fingerprint density at radius 2 is 1.57 bits per heavy atom. The van der Waals surface area contributed by atoms with Crippen molar-refractivity contribution in [2.45, 2.75) is 37.5 Å². The van der Waals surface area contributed by atoms with Gasteiger partial charge >= 0.3 is 6.18 Å². The molecule has 186 valence electrons. The molecular weight excluding hydrogens is 484 g/mol. The van der Waals surface area contributed by atoms with Crippen molar-refractivity contribution >= 4 is 15.9 Å². The Morgan fingerprint density at radius 1 is 0.943 bits per heavy atom. The van der Waals surface area contributed by atoms with Crippen LogP contribution in [0.15, 0.2) is 77.7 Å². The first-order valence-electron chi connectivity index (χ1n) is 10.7. The van der Waals surface area contributed by atoms with Crippen LogP contribution in [0, 0.1) is 5.82 Å². The van der Waals surface area contributed by atoms with Gasteiger partial charge < -0.3 is 5.32 Å². The topological polar surface area (TPSA) is 66.5 Å². The van der Waals surface area contributed by atoms with E-state index in [0.29, 0.717) is 16.7 Å². The molecule has 3 rings (SSSR count). The molecule has 1 N–H and O–H groups in total. The Bertz CT molecular complexity index is 1270. The Labute approximate surface area is 201 Å². The molecule has 3 aromatic carbocycles. The van der Waals surface area contributed by atoms with E-state index in [1.165, 1.54) is 12.1 Å². The average molecular weight is 509 g/mol. The molecular formula is C25H24F4N2O3S. The van der Waals surface area contributed by atoms with Crippen molar-refractivity contribution in [3.8, 4) is 11.1 Å². The molecule has 0 aliphatic heterocycles. The molecule has 0 aliphatic carbocycles. The number of carbonyl (C=O) groups excluding carboxylic acids is 1. The monoisotopic (exact) mass is 508 g/mol. The van der Waals surface area contributed by atoms with Gasteiger partial charge in [-0.15, -0.1) is 0 Å². The molecule has 0 fully saturated rings. The molecule has 10 heteroatoms. The minimum atomic E-state index is -4.42. The zero-order valence-corrected chi connectivity index (χ0v) is 19.8. The third-order valence-electron chi connectivity index (χ3n) is 5.26. The van der Waals surface area contributed by atoms with Crippen molar-refractivity contribution in [3.05, 3.63) is 89.7 Å². The minimum Gasteiger partial charge on any atom is -0.351 e. The van der Waals surface area contributed by atoms with E-state index in [1.54, 1.807) is 38.1 Å². The molecule has 1 amide bonds. The van der Waals surface area contributed by atoms with Gasteiger partial charge in [0.15, 0.2) is 0 Å². The van der Waals surface area contributed by atoms with Crippen LogP contribution in [0.4, 0.5) is 17.6 Å². The predicted molar refractivity (Wildman–Crippen MR) is 124 cm³/mol. The number of carbonyl (C=O) groups is 1. The van der Waals surface area contributed by atoms with Gasteiger partial charge in [0.2, 0.25) is 15.9 Å². The third-order valence-corrected chi connectivity index (χ3v) is 7.29. The summed E-state index contributed by atoms with van der Waals surface area (Å²) in [5.41, 5.74) is 1.21. The number of nitrogens with zero attached hydrogens (tertiary/aromatic N) is 1. The van der Waals surface area contributed by atoms with Gasteiger partial charge in [0.1, 0.15) is 5.82 Å². The van der Waals surface area contributed by atoms with Crippen molar-refractivity contribution in [2.24, 2.45) is 0 Å². The quantitative estimate of drug-likeness (QED) is 0.424. The van der Waals surface area contributed by atoms with Crippen LogP contribution in [0.5, 0.6) is 0 Å². The van der Waals surface area contributed by atoms with Crippen molar-refractivity contribution in [3.63, 3.8) is 0 Å². The molecule has 0 aliphatic rings. The van der Waals surface area contributed by atoms with Crippen LogP contribution in [0.25, 0.3) is 11.1 Å². The second-order valence-corrected chi connectivity index (χ2v) is 10.0.